The lowest BCUT2D eigenvalue weighted by molar-refractivity contribution is 0.102. The van der Waals surface area contributed by atoms with Gasteiger partial charge in [0.2, 0.25) is 5.13 Å². The molecule has 2 N–H and O–H groups in total. The van der Waals surface area contributed by atoms with Crippen molar-refractivity contribution in [2.75, 3.05) is 30.8 Å². The van der Waals surface area contributed by atoms with Gasteiger partial charge in [0.25, 0.3) is 5.91 Å². The van der Waals surface area contributed by atoms with Crippen molar-refractivity contribution in [3.8, 4) is 0 Å². The van der Waals surface area contributed by atoms with Crippen molar-refractivity contribution >= 4 is 39.8 Å². The predicted octanol–water partition coefficient (Wildman–Crippen LogP) is 4.08. The van der Waals surface area contributed by atoms with Crippen LogP contribution >= 0.6 is 22.9 Å². The van der Waals surface area contributed by atoms with Crippen molar-refractivity contribution in [3.05, 3.63) is 64.0 Å². The van der Waals surface area contributed by atoms with Gasteiger partial charge >= 0.3 is 0 Å². The highest BCUT2D eigenvalue weighted by atomic mass is 35.5. The number of halogens is 2. The summed E-state index contributed by atoms with van der Waals surface area (Å²) in [5, 5.41) is 14.1. The standard InChI is InChI=1S/C20H20ClFN6OS/c1-28-7-6-13(18(28)12-2-4-15(21)16(22)8-12)9-23-17-5-3-14(10-24-17)19(29)26-20-27-25-11-30-20/h2-5,8,10-11,13,18H,6-7,9H2,1H3,(H,23,24)(H,26,27,29). The van der Waals surface area contributed by atoms with Crippen LogP contribution in [0.25, 0.3) is 0 Å². The molecule has 1 aromatic carbocycles. The van der Waals surface area contributed by atoms with Gasteiger partial charge in [-0.3, -0.25) is 15.0 Å². The lowest BCUT2D eigenvalue weighted by Crippen LogP contribution is -2.25. The van der Waals surface area contributed by atoms with Crippen LogP contribution in [0.2, 0.25) is 5.02 Å². The van der Waals surface area contributed by atoms with E-state index in [1.807, 2.05) is 13.1 Å². The molecule has 30 heavy (non-hydrogen) atoms. The summed E-state index contributed by atoms with van der Waals surface area (Å²) in [5.74, 6) is 0.286. The van der Waals surface area contributed by atoms with Crippen LogP contribution in [0.1, 0.15) is 28.4 Å². The Hall–Kier alpha value is -2.62. The second-order valence-electron chi connectivity index (χ2n) is 7.16. The summed E-state index contributed by atoms with van der Waals surface area (Å²) in [5.41, 5.74) is 2.90. The maximum Gasteiger partial charge on any atom is 0.259 e. The summed E-state index contributed by atoms with van der Waals surface area (Å²) in [6, 6.07) is 8.58. The molecule has 1 aliphatic rings. The third-order valence-corrected chi connectivity index (χ3v) is 6.12. The zero-order valence-corrected chi connectivity index (χ0v) is 17.8. The van der Waals surface area contributed by atoms with Gasteiger partial charge in [0.05, 0.1) is 10.6 Å². The van der Waals surface area contributed by atoms with Crippen LogP contribution < -0.4 is 10.6 Å². The quantitative estimate of drug-likeness (QED) is 0.593. The largest absolute Gasteiger partial charge is 0.370 e. The van der Waals surface area contributed by atoms with Gasteiger partial charge in [-0.1, -0.05) is 29.0 Å². The Morgan fingerprint density at radius 2 is 2.23 bits per heavy atom. The van der Waals surface area contributed by atoms with Gasteiger partial charge in [-0.15, -0.1) is 10.2 Å². The molecule has 10 heteroatoms. The van der Waals surface area contributed by atoms with E-state index >= 15 is 0 Å². The monoisotopic (exact) mass is 446 g/mol. The van der Waals surface area contributed by atoms with E-state index in [1.54, 1.807) is 23.7 Å². The number of rotatable bonds is 6. The van der Waals surface area contributed by atoms with Crippen molar-refractivity contribution in [1.82, 2.24) is 20.1 Å². The number of hydrogen-bond acceptors (Lipinski definition) is 7. The molecule has 3 heterocycles. The number of nitrogens with zero attached hydrogens (tertiary/aromatic N) is 4. The van der Waals surface area contributed by atoms with Crippen LogP contribution in [-0.2, 0) is 0 Å². The third-order valence-electron chi connectivity index (χ3n) is 5.21. The summed E-state index contributed by atoms with van der Waals surface area (Å²) in [6.45, 7) is 1.61. The average Bonchev–Trinajstić information content (AvgIpc) is 3.38. The van der Waals surface area contributed by atoms with E-state index in [2.05, 4.69) is 30.7 Å². The first-order valence-electron chi connectivity index (χ1n) is 9.44. The number of nitrogens with one attached hydrogen (secondary N) is 2. The number of amides is 1. The number of likely N-dealkylation sites (tertiary alicyclic amines) is 1. The average molecular weight is 447 g/mol. The fraction of sp³-hybridized carbons (Fsp3) is 0.300. The highest BCUT2D eigenvalue weighted by Crippen LogP contribution is 2.37. The van der Waals surface area contributed by atoms with E-state index in [-0.39, 0.29) is 22.9 Å². The van der Waals surface area contributed by atoms with E-state index in [0.717, 1.165) is 18.5 Å². The number of anilines is 2. The zero-order valence-electron chi connectivity index (χ0n) is 16.2. The molecular weight excluding hydrogens is 427 g/mol. The van der Waals surface area contributed by atoms with Crippen LogP contribution in [0, 0.1) is 11.7 Å². The predicted molar refractivity (Wildman–Crippen MR) is 115 cm³/mol. The minimum absolute atomic E-state index is 0.0984. The third kappa shape index (κ3) is 4.58. The van der Waals surface area contributed by atoms with Crippen molar-refractivity contribution in [1.29, 1.82) is 0 Å². The number of hydrogen-bond donors (Lipinski definition) is 2. The van der Waals surface area contributed by atoms with E-state index in [0.29, 0.717) is 23.1 Å². The molecule has 2 unspecified atom stereocenters. The van der Waals surface area contributed by atoms with Crippen LogP contribution in [0.15, 0.2) is 42.0 Å². The molecule has 4 rings (SSSR count). The van der Waals surface area contributed by atoms with Crippen LogP contribution in [0.3, 0.4) is 0 Å². The molecule has 0 bridgehead atoms. The normalized spacial score (nSPS) is 19.0. The summed E-state index contributed by atoms with van der Waals surface area (Å²) in [6.07, 6.45) is 2.51. The zero-order chi connectivity index (χ0) is 21.1. The lowest BCUT2D eigenvalue weighted by Gasteiger charge is -2.26. The van der Waals surface area contributed by atoms with E-state index < -0.39 is 5.82 Å². The molecular formula is C20H20ClFN6OS. The molecule has 1 aliphatic heterocycles. The van der Waals surface area contributed by atoms with Gasteiger partial charge < -0.3 is 5.32 Å². The van der Waals surface area contributed by atoms with Gasteiger partial charge in [-0.25, -0.2) is 9.37 Å². The molecule has 1 amide bonds. The van der Waals surface area contributed by atoms with Crippen molar-refractivity contribution in [3.63, 3.8) is 0 Å². The number of pyridine rings is 1. The fourth-order valence-electron chi connectivity index (χ4n) is 3.73. The highest BCUT2D eigenvalue weighted by Gasteiger charge is 2.33. The molecule has 7 nitrogen and oxygen atoms in total. The minimum Gasteiger partial charge on any atom is -0.370 e. The Morgan fingerprint density at radius 3 is 2.93 bits per heavy atom. The maximum absolute atomic E-state index is 13.9. The first-order valence-corrected chi connectivity index (χ1v) is 10.7. The molecule has 0 radical (unpaired) electrons. The molecule has 2 atom stereocenters. The molecule has 2 aromatic heterocycles. The first kappa shape index (κ1) is 20.6. The second-order valence-corrected chi connectivity index (χ2v) is 8.40. The Morgan fingerprint density at radius 1 is 1.37 bits per heavy atom. The molecule has 1 saturated heterocycles. The molecule has 0 aliphatic carbocycles. The summed E-state index contributed by atoms with van der Waals surface area (Å²) in [4.78, 5) is 18.8. The summed E-state index contributed by atoms with van der Waals surface area (Å²) < 4.78 is 13.9. The van der Waals surface area contributed by atoms with Crippen LogP contribution in [0.5, 0.6) is 0 Å². The maximum atomic E-state index is 13.9. The fourth-order valence-corrected chi connectivity index (χ4v) is 4.29. The van der Waals surface area contributed by atoms with Crippen molar-refractivity contribution in [2.24, 2.45) is 5.92 Å². The molecule has 1 fully saturated rings. The lowest BCUT2D eigenvalue weighted by atomic mass is 9.93. The summed E-state index contributed by atoms with van der Waals surface area (Å²) >= 11 is 7.08. The van der Waals surface area contributed by atoms with E-state index in [9.17, 15) is 9.18 Å². The van der Waals surface area contributed by atoms with Crippen molar-refractivity contribution in [2.45, 2.75) is 12.5 Å². The van der Waals surface area contributed by atoms with Gasteiger partial charge in [-0.2, -0.15) is 0 Å². The highest BCUT2D eigenvalue weighted by molar-refractivity contribution is 7.13. The molecule has 156 valence electrons. The Kier molecular flexibility index (Phi) is 6.21. The smallest absolute Gasteiger partial charge is 0.259 e. The molecule has 0 saturated carbocycles. The number of aromatic nitrogens is 3. The Bertz CT molecular complexity index is 1020. The summed E-state index contributed by atoms with van der Waals surface area (Å²) in [7, 11) is 2.04. The van der Waals surface area contributed by atoms with Gasteiger partial charge in [0.15, 0.2) is 0 Å². The molecule has 0 spiro atoms. The number of carbonyl (C=O) groups excluding carboxylic acids is 1. The first-order chi connectivity index (χ1) is 14.5. The SMILES string of the molecule is CN1CCC(CNc2ccc(C(=O)Nc3nncs3)cn2)C1c1ccc(Cl)c(F)c1. The van der Waals surface area contributed by atoms with Gasteiger partial charge in [-0.05, 0) is 55.8 Å². The Balaban J connectivity index is 1.38. The topological polar surface area (TPSA) is 83.0 Å². The van der Waals surface area contributed by atoms with Crippen LogP contribution in [-0.4, -0.2) is 46.1 Å². The Labute approximate surface area is 182 Å². The second kappa shape index (κ2) is 9.03. The number of carbonyl (C=O) groups is 1. The van der Waals surface area contributed by atoms with Gasteiger partial charge in [0, 0.05) is 18.8 Å². The van der Waals surface area contributed by atoms with E-state index in [4.69, 9.17) is 11.6 Å². The molecule has 3 aromatic rings. The van der Waals surface area contributed by atoms with Crippen molar-refractivity contribution < 1.29 is 9.18 Å². The van der Waals surface area contributed by atoms with Crippen LogP contribution in [0.4, 0.5) is 15.3 Å². The van der Waals surface area contributed by atoms with E-state index in [1.165, 1.54) is 23.6 Å². The number of benzene rings is 1. The minimum atomic E-state index is -0.398. The van der Waals surface area contributed by atoms with Gasteiger partial charge in [0.1, 0.15) is 17.1 Å².